The van der Waals surface area contributed by atoms with Gasteiger partial charge in [-0.25, -0.2) is 0 Å². The van der Waals surface area contributed by atoms with Crippen molar-refractivity contribution in [3.8, 4) is 0 Å². The van der Waals surface area contributed by atoms with Gasteiger partial charge >= 0.3 is 3.36 Å². The third-order valence-electron chi connectivity index (χ3n) is 3.10. The number of ether oxygens (including phenoxy) is 1. The first kappa shape index (κ1) is 15.8. The highest BCUT2D eigenvalue weighted by Crippen LogP contribution is 2.31. The molecule has 1 fully saturated rings. The van der Waals surface area contributed by atoms with Crippen LogP contribution in [0.3, 0.4) is 0 Å². The Morgan fingerprint density at radius 1 is 1.61 bits per heavy atom. The van der Waals surface area contributed by atoms with E-state index < -0.39 is 8.28 Å². The maximum Gasteiger partial charge on any atom is 0.382 e. The lowest BCUT2D eigenvalue weighted by atomic mass is 9.98. The number of alkyl halides is 2. The van der Waals surface area contributed by atoms with Crippen molar-refractivity contribution in [3.05, 3.63) is 10.1 Å². The van der Waals surface area contributed by atoms with Crippen molar-refractivity contribution in [1.29, 1.82) is 0 Å². The van der Waals surface area contributed by atoms with Gasteiger partial charge < -0.3 is 9.64 Å². The van der Waals surface area contributed by atoms with Crippen LogP contribution in [0.1, 0.15) is 6.92 Å². The molecule has 1 rings (SSSR count). The summed E-state index contributed by atoms with van der Waals surface area (Å²) in [6.07, 6.45) is 0. The summed E-state index contributed by atoms with van der Waals surface area (Å²) < 4.78 is 3.86. The molecule has 0 aromatic rings. The van der Waals surface area contributed by atoms with E-state index in [4.69, 9.17) is 4.74 Å². The molecule has 1 saturated heterocycles. The predicted octanol–water partition coefficient (Wildman–Crippen LogP) is 1.95. The molecule has 0 aromatic carbocycles. The molecule has 18 heavy (non-hydrogen) atoms. The quantitative estimate of drug-likeness (QED) is 0.185. The number of hydrogen-bond donors (Lipinski definition) is 0. The molecule has 6 nitrogen and oxygen atoms in total. The van der Waals surface area contributed by atoms with Crippen molar-refractivity contribution in [2.75, 3.05) is 33.9 Å². The molecule has 0 saturated carbocycles. The molecule has 2 atom stereocenters. The molecule has 104 valence electrons. The molecule has 0 bridgehead atoms. The highest BCUT2D eigenvalue weighted by atomic mass is 79.9. The average molecular weight is 387 g/mol. The molecular formula is C10H17Br2N3O3. The normalized spacial score (nSPS) is 25.3. The van der Waals surface area contributed by atoms with Crippen molar-refractivity contribution in [1.82, 2.24) is 4.90 Å². The Kier molecular flexibility index (Phi) is 5.54. The van der Waals surface area contributed by atoms with Crippen molar-refractivity contribution in [3.63, 3.8) is 0 Å². The summed E-state index contributed by atoms with van der Waals surface area (Å²) in [4.78, 5) is 16.4. The largest absolute Gasteiger partial charge is 0.382 e. The molecule has 1 heterocycles. The predicted molar refractivity (Wildman–Crippen MR) is 77.0 cm³/mol. The van der Waals surface area contributed by atoms with Gasteiger partial charge in [-0.2, -0.15) is 0 Å². The molecule has 0 radical (unpaired) electrons. The lowest BCUT2D eigenvalue weighted by Gasteiger charge is -2.28. The van der Waals surface area contributed by atoms with Crippen LogP contribution < -0.4 is 0 Å². The molecule has 0 aromatic heterocycles. The van der Waals surface area contributed by atoms with Gasteiger partial charge in [-0.15, -0.1) is 0 Å². The van der Waals surface area contributed by atoms with E-state index in [2.05, 4.69) is 43.8 Å². The van der Waals surface area contributed by atoms with Crippen molar-refractivity contribution < 1.29 is 9.66 Å². The van der Waals surface area contributed by atoms with Crippen LogP contribution in [0, 0.1) is 22.0 Å². The second-order valence-electron chi connectivity index (χ2n) is 4.50. The topological polar surface area (TPSA) is 68.0 Å². The third kappa shape index (κ3) is 3.42. The number of nitrogens with zero attached hydrogens (tertiary/aromatic N) is 3. The fraction of sp³-hybridized carbons (Fsp3) is 0.900. The highest BCUT2D eigenvalue weighted by molar-refractivity contribution is 9.25. The van der Waals surface area contributed by atoms with Gasteiger partial charge in [0.25, 0.3) is 0 Å². The van der Waals surface area contributed by atoms with E-state index >= 15 is 0 Å². The van der Waals surface area contributed by atoms with E-state index in [0.717, 1.165) is 6.61 Å². The van der Waals surface area contributed by atoms with E-state index in [1.165, 1.54) is 0 Å². The molecular weight excluding hydrogens is 370 g/mol. The SMILES string of the molecule is CN=C(N(C)CC1COCC1C)C(Br)(Br)[N+](=O)[O-]. The zero-order valence-electron chi connectivity index (χ0n) is 10.6. The number of likely N-dealkylation sites (N-methyl/N-ethyl adjacent to an activating group) is 1. The van der Waals surface area contributed by atoms with Crippen molar-refractivity contribution in [2.45, 2.75) is 10.3 Å². The molecule has 1 aliphatic heterocycles. The van der Waals surface area contributed by atoms with Gasteiger partial charge in [-0.1, -0.05) is 6.92 Å². The average Bonchev–Trinajstić information content (AvgIpc) is 2.64. The summed E-state index contributed by atoms with van der Waals surface area (Å²) in [5, 5.41) is 11.0. The van der Waals surface area contributed by atoms with Crippen LogP contribution in [0.4, 0.5) is 0 Å². The number of rotatable bonds is 4. The lowest BCUT2D eigenvalue weighted by molar-refractivity contribution is -0.486. The zero-order valence-corrected chi connectivity index (χ0v) is 13.8. The second kappa shape index (κ2) is 6.29. The Morgan fingerprint density at radius 2 is 2.22 bits per heavy atom. The summed E-state index contributed by atoms with van der Waals surface area (Å²) in [7, 11) is 3.34. The Bertz CT molecular complexity index is 349. The van der Waals surface area contributed by atoms with E-state index in [0.29, 0.717) is 30.8 Å². The van der Waals surface area contributed by atoms with Crippen molar-refractivity contribution in [2.24, 2.45) is 16.8 Å². The van der Waals surface area contributed by atoms with E-state index in [1.807, 2.05) is 0 Å². The van der Waals surface area contributed by atoms with E-state index in [1.54, 1.807) is 19.0 Å². The van der Waals surface area contributed by atoms with E-state index in [9.17, 15) is 10.1 Å². The van der Waals surface area contributed by atoms with Gasteiger partial charge in [0.1, 0.15) is 0 Å². The first-order chi connectivity index (χ1) is 8.30. The fourth-order valence-corrected chi connectivity index (χ4v) is 2.95. The zero-order chi connectivity index (χ0) is 13.9. The molecule has 0 aliphatic carbocycles. The van der Waals surface area contributed by atoms with Gasteiger partial charge in [0.15, 0.2) is 0 Å². The number of aliphatic imine (C=N–C) groups is 1. The molecule has 0 N–H and O–H groups in total. The number of halogens is 2. The maximum atomic E-state index is 11.0. The monoisotopic (exact) mass is 385 g/mol. The second-order valence-corrected chi connectivity index (χ2v) is 7.86. The van der Waals surface area contributed by atoms with Gasteiger partial charge in [0.2, 0.25) is 5.84 Å². The fourth-order valence-electron chi connectivity index (χ4n) is 1.99. The molecule has 0 spiro atoms. The van der Waals surface area contributed by atoms with Crippen LogP contribution in [-0.4, -0.2) is 52.9 Å². The number of hydrogen-bond acceptors (Lipinski definition) is 4. The minimum atomic E-state index is -1.54. The van der Waals surface area contributed by atoms with Crippen LogP contribution in [0.2, 0.25) is 0 Å². The molecule has 1 aliphatic rings. The molecule has 2 unspecified atom stereocenters. The minimum Gasteiger partial charge on any atom is -0.381 e. The minimum absolute atomic E-state index is 0.339. The summed E-state index contributed by atoms with van der Waals surface area (Å²) in [5.74, 6) is 1.17. The van der Waals surface area contributed by atoms with Gasteiger partial charge in [-0.3, -0.25) is 15.1 Å². The Balaban J connectivity index is 2.75. The molecule has 8 heteroatoms. The van der Waals surface area contributed by atoms with Crippen molar-refractivity contribution >= 4 is 37.7 Å². The first-order valence-electron chi connectivity index (χ1n) is 5.59. The number of nitro groups is 1. The lowest BCUT2D eigenvalue weighted by Crippen LogP contribution is -2.46. The molecule has 0 amide bonds. The van der Waals surface area contributed by atoms with Crippen LogP contribution in [0.5, 0.6) is 0 Å². The standard InChI is InChI=1S/C10H17Br2N3O3/c1-7-5-18-6-8(7)4-14(3)9(13-2)10(11,12)15(16)17/h7-8H,4-6H2,1-3H3. The smallest absolute Gasteiger partial charge is 0.381 e. The van der Waals surface area contributed by atoms with Gasteiger partial charge in [0.05, 0.1) is 11.5 Å². The van der Waals surface area contributed by atoms with Gasteiger partial charge in [-0.05, 0) is 5.92 Å². The van der Waals surface area contributed by atoms with Crippen LogP contribution >= 0.6 is 31.9 Å². The highest BCUT2D eigenvalue weighted by Gasteiger charge is 2.45. The van der Waals surface area contributed by atoms with Gasteiger partial charge in [0, 0.05) is 65.0 Å². The van der Waals surface area contributed by atoms with E-state index in [-0.39, 0.29) is 0 Å². The Morgan fingerprint density at radius 3 is 2.61 bits per heavy atom. The first-order valence-corrected chi connectivity index (χ1v) is 7.17. The summed E-state index contributed by atoms with van der Waals surface area (Å²) in [6, 6.07) is 0. The summed E-state index contributed by atoms with van der Waals surface area (Å²) in [5.41, 5.74) is 0. The van der Waals surface area contributed by atoms with Crippen LogP contribution in [0.25, 0.3) is 0 Å². The summed E-state index contributed by atoms with van der Waals surface area (Å²) in [6.45, 7) is 4.25. The number of amidine groups is 1. The Hall–Kier alpha value is -0.210. The third-order valence-corrected chi connectivity index (χ3v) is 4.39. The Labute approximate surface area is 123 Å². The van der Waals surface area contributed by atoms with Crippen LogP contribution in [-0.2, 0) is 4.74 Å². The van der Waals surface area contributed by atoms with Crippen LogP contribution in [0.15, 0.2) is 4.99 Å². The maximum absolute atomic E-state index is 11.0. The summed E-state index contributed by atoms with van der Waals surface area (Å²) >= 11 is 6.10.